The van der Waals surface area contributed by atoms with Crippen LogP contribution in [0.5, 0.6) is 0 Å². The molecule has 0 aromatic rings. The summed E-state index contributed by atoms with van der Waals surface area (Å²) in [5, 5.41) is 0. The Morgan fingerprint density at radius 1 is 1.21 bits per heavy atom. The molecular formula is C10H20N2O2. The summed E-state index contributed by atoms with van der Waals surface area (Å²) >= 11 is 0. The monoisotopic (exact) mass is 200 g/mol. The zero-order valence-electron chi connectivity index (χ0n) is 8.65. The maximum absolute atomic E-state index is 5.70. The maximum atomic E-state index is 5.70. The topological polar surface area (TPSA) is 47.7 Å². The van der Waals surface area contributed by atoms with Crippen molar-refractivity contribution in [3.8, 4) is 0 Å². The van der Waals surface area contributed by atoms with Gasteiger partial charge in [-0.15, -0.1) is 0 Å². The van der Waals surface area contributed by atoms with Crippen molar-refractivity contribution >= 4 is 0 Å². The number of ether oxygens (including phenoxy) is 2. The highest BCUT2D eigenvalue weighted by molar-refractivity contribution is 4.77. The number of nitrogens with zero attached hydrogens (tertiary/aromatic N) is 1. The first-order valence-corrected chi connectivity index (χ1v) is 5.49. The van der Waals surface area contributed by atoms with Gasteiger partial charge in [-0.2, -0.15) is 0 Å². The quantitative estimate of drug-likeness (QED) is 0.676. The number of hydrogen-bond acceptors (Lipinski definition) is 4. The van der Waals surface area contributed by atoms with Crippen LogP contribution in [0.25, 0.3) is 0 Å². The van der Waals surface area contributed by atoms with Gasteiger partial charge in [0.1, 0.15) is 0 Å². The number of hydrogen-bond donors (Lipinski definition) is 1. The van der Waals surface area contributed by atoms with Crippen LogP contribution >= 0.6 is 0 Å². The van der Waals surface area contributed by atoms with E-state index in [4.69, 9.17) is 15.2 Å². The van der Waals surface area contributed by atoms with Gasteiger partial charge in [-0.3, -0.25) is 4.90 Å². The summed E-state index contributed by atoms with van der Waals surface area (Å²) in [6.45, 7) is 6.47. The predicted molar refractivity (Wildman–Crippen MR) is 54.2 cm³/mol. The molecule has 2 heterocycles. The van der Waals surface area contributed by atoms with Gasteiger partial charge in [-0.05, 0) is 13.0 Å². The Kier molecular flexibility index (Phi) is 3.75. The van der Waals surface area contributed by atoms with E-state index in [1.54, 1.807) is 0 Å². The van der Waals surface area contributed by atoms with E-state index in [0.717, 1.165) is 45.4 Å². The van der Waals surface area contributed by atoms with Crippen LogP contribution < -0.4 is 5.73 Å². The molecule has 14 heavy (non-hydrogen) atoms. The predicted octanol–water partition coefficient (Wildman–Crippen LogP) is -0.318. The number of morpholine rings is 1. The molecule has 4 nitrogen and oxygen atoms in total. The standard InChI is InChI=1S/C10H20N2O2/c11-5-10-8-13-4-3-12(10)2-1-9-6-14-7-9/h9-10H,1-8,11H2. The smallest absolute Gasteiger partial charge is 0.0634 e. The van der Waals surface area contributed by atoms with Gasteiger partial charge >= 0.3 is 0 Å². The number of rotatable bonds is 4. The molecule has 0 spiro atoms. The van der Waals surface area contributed by atoms with Crippen LogP contribution in [0.2, 0.25) is 0 Å². The molecule has 0 radical (unpaired) electrons. The molecule has 2 N–H and O–H groups in total. The van der Waals surface area contributed by atoms with Crippen LogP contribution in [0.3, 0.4) is 0 Å². The highest BCUT2D eigenvalue weighted by Crippen LogP contribution is 2.16. The summed E-state index contributed by atoms with van der Waals surface area (Å²) in [5.74, 6) is 0.788. The first-order chi connectivity index (χ1) is 6.90. The summed E-state index contributed by atoms with van der Waals surface area (Å²) in [4.78, 5) is 2.46. The minimum atomic E-state index is 0.435. The fraction of sp³-hybridized carbons (Fsp3) is 1.00. The van der Waals surface area contributed by atoms with Gasteiger partial charge in [0.25, 0.3) is 0 Å². The molecule has 4 heteroatoms. The second-order valence-electron chi connectivity index (χ2n) is 4.19. The van der Waals surface area contributed by atoms with Crippen LogP contribution in [0, 0.1) is 5.92 Å². The molecule has 82 valence electrons. The van der Waals surface area contributed by atoms with Crippen LogP contribution in [-0.4, -0.2) is 57.0 Å². The van der Waals surface area contributed by atoms with Crippen molar-refractivity contribution in [2.45, 2.75) is 12.5 Å². The Labute approximate surface area is 85.3 Å². The van der Waals surface area contributed by atoms with Crippen molar-refractivity contribution in [1.29, 1.82) is 0 Å². The van der Waals surface area contributed by atoms with E-state index in [0.29, 0.717) is 12.6 Å². The SMILES string of the molecule is NCC1COCCN1CCC1COC1. The fourth-order valence-electron chi connectivity index (χ4n) is 2.00. The van der Waals surface area contributed by atoms with Crippen molar-refractivity contribution in [1.82, 2.24) is 4.90 Å². The van der Waals surface area contributed by atoms with E-state index in [1.807, 2.05) is 0 Å². The summed E-state index contributed by atoms with van der Waals surface area (Å²) in [7, 11) is 0. The molecule has 0 saturated carbocycles. The maximum Gasteiger partial charge on any atom is 0.0634 e. The summed E-state index contributed by atoms with van der Waals surface area (Å²) in [5.41, 5.74) is 5.70. The first kappa shape index (κ1) is 10.4. The van der Waals surface area contributed by atoms with Gasteiger partial charge in [-0.25, -0.2) is 0 Å². The Balaban J connectivity index is 1.70. The summed E-state index contributed by atoms with van der Waals surface area (Å²) in [6, 6.07) is 0.435. The van der Waals surface area contributed by atoms with Crippen LogP contribution in [0.1, 0.15) is 6.42 Å². The van der Waals surface area contributed by atoms with Gasteiger partial charge in [0.15, 0.2) is 0 Å². The summed E-state index contributed by atoms with van der Waals surface area (Å²) < 4.78 is 10.6. The highest BCUT2D eigenvalue weighted by atomic mass is 16.5. The Hall–Kier alpha value is -0.160. The lowest BCUT2D eigenvalue weighted by molar-refractivity contribution is -0.0504. The highest BCUT2D eigenvalue weighted by Gasteiger charge is 2.24. The molecule has 0 aromatic carbocycles. The van der Waals surface area contributed by atoms with Gasteiger partial charge in [0.05, 0.1) is 26.4 Å². The van der Waals surface area contributed by atoms with E-state index in [9.17, 15) is 0 Å². The summed E-state index contributed by atoms with van der Waals surface area (Å²) in [6.07, 6.45) is 1.25. The molecule has 2 aliphatic rings. The second kappa shape index (κ2) is 5.07. The molecule has 0 aliphatic carbocycles. The van der Waals surface area contributed by atoms with Crippen molar-refractivity contribution in [3.63, 3.8) is 0 Å². The van der Waals surface area contributed by atoms with Gasteiger partial charge in [0, 0.05) is 25.0 Å². The zero-order valence-corrected chi connectivity index (χ0v) is 8.65. The van der Waals surface area contributed by atoms with E-state index in [-0.39, 0.29) is 0 Å². The zero-order chi connectivity index (χ0) is 9.80. The van der Waals surface area contributed by atoms with Crippen LogP contribution in [0.4, 0.5) is 0 Å². The van der Waals surface area contributed by atoms with Gasteiger partial charge < -0.3 is 15.2 Å². The molecule has 2 fully saturated rings. The Morgan fingerprint density at radius 2 is 2.07 bits per heavy atom. The first-order valence-electron chi connectivity index (χ1n) is 5.49. The average molecular weight is 200 g/mol. The third-order valence-electron chi connectivity index (χ3n) is 3.15. The van der Waals surface area contributed by atoms with Crippen LogP contribution in [-0.2, 0) is 9.47 Å². The fourth-order valence-corrected chi connectivity index (χ4v) is 2.00. The second-order valence-corrected chi connectivity index (χ2v) is 4.19. The molecule has 1 unspecified atom stereocenters. The van der Waals surface area contributed by atoms with E-state index < -0.39 is 0 Å². The molecule has 0 amide bonds. The van der Waals surface area contributed by atoms with Crippen LogP contribution in [0.15, 0.2) is 0 Å². The van der Waals surface area contributed by atoms with Gasteiger partial charge in [-0.1, -0.05) is 0 Å². The van der Waals surface area contributed by atoms with E-state index in [1.165, 1.54) is 6.42 Å². The molecule has 2 aliphatic heterocycles. The molecule has 0 aromatic heterocycles. The molecule has 0 bridgehead atoms. The van der Waals surface area contributed by atoms with Crippen molar-refractivity contribution in [3.05, 3.63) is 0 Å². The van der Waals surface area contributed by atoms with Crippen molar-refractivity contribution in [2.75, 3.05) is 46.1 Å². The van der Waals surface area contributed by atoms with Crippen molar-refractivity contribution in [2.24, 2.45) is 11.7 Å². The normalized spacial score (nSPS) is 30.2. The Bertz CT molecular complexity index is 174. The van der Waals surface area contributed by atoms with E-state index in [2.05, 4.69) is 4.90 Å². The molecular weight excluding hydrogens is 180 g/mol. The average Bonchev–Trinajstić information content (AvgIpc) is 2.16. The molecule has 2 rings (SSSR count). The van der Waals surface area contributed by atoms with Crippen molar-refractivity contribution < 1.29 is 9.47 Å². The molecule has 1 atom stereocenters. The third kappa shape index (κ3) is 2.45. The lowest BCUT2D eigenvalue weighted by Crippen LogP contribution is -2.50. The minimum Gasteiger partial charge on any atom is -0.381 e. The minimum absolute atomic E-state index is 0.435. The van der Waals surface area contributed by atoms with Gasteiger partial charge in [0.2, 0.25) is 0 Å². The largest absolute Gasteiger partial charge is 0.381 e. The third-order valence-corrected chi connectivity index (χ3v) is 3.15. The Morgan fingerprint density at radius 3 is 2.71 bits per heavy atom. The molecule has 2 saturated heterocycles. The van der Waals surface area contributed by atoms with E-state index >= 15 is 0 Å². The number of nitrogens with two attached hydrogens (primary N) is 1. The lowest BCUT2D eigenvalue weighted by atomic mass is 10.0. The lowest BCUT2D eigenvalue weighted by Gasteiger charge is -2.36.